The third-order valence-electron chi connectivity index (χ3n) is 5.29. The van der Waals surface area contributed by atoms with Crippen LogP contribution in [-0.4, -0.2) is 34.1 Å². The topological polar surface area (TPSA) is 28.2 Å². The van der Waals surface area contributed by atoms with Crippen LogP contribution in [0.15, 0.2) is 18.5 Å². The van der Waals surface area contributed by atoms with E-state index in [0.29, 0.717) is 0 Å². The lowest BCUT2D eigenvalue weighted by Crippen LogP contribution is -2.68. The Morgan fingerprint density at radius 1 is 1.24 bits per heavy atom. The first-order valence-electron chi connectivity index (χ1n) is 8.06. The zero-order valence-electron chi connectivity index (χ0n) is 13.7. The van der Waals surface area contributed by atoms with Gasteiger partial charge in [0.25, 0.3) is 0 Å². The Balaban J connectivity index is 2.25. The zero-order chi connectivity index (χ0) is 15.5. The zero-order valence-corrected chi connectivity index (χ0v) is 13.7. The van der Waals surface area contributed by atoms with Crippen molar-refractivity contribution < 1.29 is 4.39 Å². The van der Waals surface area contributed by atoms with Crippen LogP contribution in [0.25, 0.3) is 0 Å². The van der Waals surface area contributed by atoms with Crippen LogP contribution in [0.1, 0.15) is 52.5 Å². The van der Waals surface area contributed by atoms with E-state index in [2.05, 4.69) is 42.9 Å². The number of piperazine rings is 1. The van der Waals surface area contributed by atoms with E-state index in [1.807, 2.05) is 0 Å². The summed E-state index contributed by atoms with van der Waals surface area (Å²) in [5, 5.41) is 3.73. The minimum absolute atomic E-state index is 0.134. The van der Waals surface area contributed by atoms with Crippen LogP contribution in [0, 0.1) is 5.82 Å². The number of hydrogen-bond acceptors (Lipinski definition) is 3. The summed E-state index contributed by atoms with van der Waals surface area (Å²) in [4.78, 5) is 6.52. The van der Waals surface area contributed by atoms with Crippen molar-refractivity contribution >= 4 is 0 Å². The van der Waals surface area contributed by atoms with Crippen LogP contribution in [-0.2, 0) is 6.54 Å². The number of nitrogens with zero attached hydrogens (tertiary/aromatic N) is 2. The van der Waals surface area contributed by atoms with Crippen molar-refractivity contribution in [3.8, 4) is 0 Å². The second-order valence-corrected chi connectivity index (χ2v) is 6.57. The molecule has 1 aliphatic rings. The minimum atomic E-state index is -0.250. The number of hydrogen-bond donors (Lipinski definition) is 1. The van der Waals surface area contributed by atoms with Crippen molar-refractivity contribution in [2.75, 3.05) is 13.1 Å². The van der Waals surface area contributed by atoms with Gasteiger partial charge < -0.3 is 5.32 Å². The van der Waals surface area contributed by atoms with Gasteiger partial charge in [0.05, 0.1) is 6.20 Å². The first-order chi connectivity index (χ1) is 9.97. The van der Waals surface area contributed by atoms with Gasteiger partial charge in [0.15, 0.2) is 0 Å². The third-order valence-corrected chi connectivity index (χ3v) is 5.29. The van der Waals surface area contributed by atoms with Gasteiger partial charge in [0.2, 0.25) is 0 Å². The number of pyridine rings is 1. The van der Waals surface area contributed by atoms with E-state index in [1.54, 1.807) is 12.3 Å². The van der Waals surface area contributed by atoms with E-state index in [4.69, 9.17) is 0 Å². The Hall–Kier alpha value is -1.00. The molecule has 118 valence electrons. The quantitative estimate of drug-likeness (QED) is 0.902. The highest BCUT2D eigenvalue weighted by Gasteiger charge is 2.42. The lowest BCUT2D eigenvalue weighted by atomic mass is 9.82. The minimum Gasteiger partial charge on any atom is -0.308 e. The first kappa shape index (κ1) is 16.4. The Kier molecular flexibility index (Phi) is 4.99. The molecule has 0 radical (unpaired) electrons. The molecule has 3 nitrogen and oxygen atoms in total. The SMILES string of the molecule is CCC1(C)CN(Cc2cncc(F)c2)C(CC)(CC)CN1. The lowest BCUT2D eigenvalue weighted by Gasteiger charge is -2.53. The molecule has 0 aliphatic carbocycles. The highest BCUT2D eigenvalue weighted by atomic mass is 19.1. The Morgan fingerprint density at radius 2 is 1.95 bits per heavy atom. The summed E-state index contributed by atoms with van der Waals surface area (Å²) in [5.74, 6) is -0.250. The first-order valence-corrected chi connectivity index (χ1v) is 8.06. The normalized spacial score (nSPS) is 26.0. The van der Waals surface area contributed by atoms with Gasteiger partial charge in [-0.25, -0.2) is 4.39 Å². The molecule has 1 aromatic heterocycles. The molecule has 0 saturated carbocycles. The van der Waals surface area contributed by atoms with E-state index in [1.165, 1.54) is 6.20 Å². The summed E-state index contributed by atoms with van der Waals surface area (Å²) in [6, 6.07) is 1.61. The molecule has 1 saturated heterocycles. The number of rotatable bonds is 5. The predicted molar refractivity (Wildman–Crippen MR) is 84.6 cm³/mol. The summed E-state index contributed by atoms with van der Waals surface area (Å²) < 4.78 is 13.4. The highest BCUT2D eigenvalue weighted by molar-refractivity contribution is 5.13. The van der Waals surface area contributed by atoms with Crippen molar-refractivity contribution in [1.29, 1.82) is 0 Å². The van der Waals surface area contributed by atoms with Gasteiger partial charge in [0.1, 0.15) is 5.82 Å². The van der Waals surface area contributed by atoms with E-state index < -0.39 is 0 Å². The molecule has 0 aromatic carbocycles. The Bertz CT molecular complexity index is 473. The third kappa shape index (κ3) is 3.43. The fraction of sp³-hybridized carbons (Fsp3) is 0.706. The predicted octanol–water partition coefficient (Wildman–Crippen LogP) is 3.35. The molecular weight excluding hydrogens is 265 g/mol. The number of aromatic nitrogens is 1. The molecule has 21 heavy (non-hydrogen) atoms. The number of nitrogens with one attached hydrogen (secondary N) is 1. The number of halogens is 1. The Labute approximate surface area is 127 Å². The van der Waals surface area contributed by atoms with Gasteiger partial charge in [-0.3, -0.25) is 9.88 Å². The summed E-state index contributed by atoms with van der Waals surface area (Å²) in [5.41, 5.74) is 1.25. The molecule has 4 heteroatoms. The van der Waals surface area contributed by atoms with Crippen LogP contribution in [0.3, 0.4) is 0 Å². The van der Waals surface area contributed by atoms with E-state index in [9.17, 15) is 4.39 Å². The molecule has 1 N–H and O–H groups in total. The van der Waals surface area contributed by atoms with Crippen molar-refractivity contribution in [3.05, 3.63) is 29.8 Å². The van der Waals surface area contributed by atoms with Crippen molar-refractivity contribution in [3.63, 3.8) is 0 Å². The van der Waals surface area contributed by atoms with Gasteiger partial charge >= 0.3 is 0 Å². The monoisotopic (exact) mass is 293 g/mol. The standard InChI is InChI=1S/C17H28FN3/c1-5-16(4)13-21(17(6-2,7-3)12-20-16)11-14-8-15(18)10-19-9-14/h8-10,20H,5-7,11-13H2,1-4H3. The van der Waals surface area contributed by atoms with Gasteiger partial charge in [-0.1, -0.05) is 20.8 Å². The molecule has 0 bridgehead atoms. The van der Waals surface area contributed by atoms with E-state index >= 15 is 0 Å². The van der Waals surface area contributed by atoms with Crippen LogP contribution >= 0.6 is 0 Å². The molecule has 2 rings (SSSR count). The van der Waals surface area contributed by atoms with Crippen LogP contribution in [0.4, 0.5) is 4.39 Å². The van der Waals surface area contributed by atoms with Crippen molar-refractivity contribution in [2.24, 2.45) is 0 Å². The smallest absolute Gasteiger partial charge is 0.141 e. The molecule has 1 unspecified atom stereocenters. The van der Waals surface area contributed by atoms with Gasteiger partial charge in [-0.15, -0.1) is 0 Å². The van der Waals surface area contributed by atoms with Crippen LogP contribution < -0.4 is 5.32 Å². The molecule has 0 spiro atoms. The molecule has 1 atom stereocenters. The summed E-state index contributed by atoms with van der Waals surface area (Å²) in [7, 11) is 0. The largest absolute Gasteiger partial charge is 0.308 e. The fourth-order valence-corrected chi connectivity index (χ4v) is 3.30. The average molecular weight is 293 g/mol. The molecule has 1 aromatic rings. The molecule has 1 aliphatic heterocycles. The van der Waals surface area contributed by atoms with Crippen molar-refractivity contribution in [1.82, 2.24) is 15.2 Å². The van der Waals surface area contributed by atoms with Gasteiger partial charge in [-0.05, 0) is 37.8 Å². The second-order valence-electron chi connectivity index (χ2n) is 6.57. The highest BCUT2D eigenvalue weighted by Crippen LogP contribution is 2.32. The lowest BCUT2D eigenvalue weighted by molar-refractivity contribution is -0.00419. The van der Waals surface area contributed by atoms with E-state index in [0.717, 1.165) is 44.5 Å². The van der Waals surface area contributed by atoms with Gasteiger partial charge in [-0.2, -0.15) is 0 Å². The maximum absolute atomic E-state index is 13.4. The summed E-state index contributed by atoms with van der Waals surface area (Å²) >= 11 is 0. The van der Waals surface area contributed by atoms with Crippen molar-refractivity contribution in [2.45, 2.75) is 64.6 Å². The van der Waals surface area contributed by atoms with Gasteiger partial charge in [0, 0.05) is 36.9 Å². The second kappa shape index (κ2) is 6.41. The molecule has 1 fully saturated rings. The molecule has 2 heterocycles. The summed E-state index contributed by atoms with van der Waals surface area (Å²) in [6.07, 6.45) is 6.33. The Morgan fingerprint density at radius 3 is 2.52 bits per heavy atom. The maximum Gasteiger partial charge on any atom is 0.141 e. The average Bonchev–Trinajstić information content (AvgIpc) is 2.48. The maximum atomic E-state index is 13.4. The van der Waals surface area contributed by atoms with Crippen LogP contribution in [0.2, 0.25) is 0 Å². The van der Waals surface area contributed by atoms with E-state index in [-0.39, 0.29) is 16.9 Å². The fourth-order valence-electron chi connectivity index (χ4n) is 3.30. The molecular formula is C17H28FN3. The summed E-state index contributed by atoms with van der Waals surface area (Å²) in [6.45, 7) is 11.7. The molecule has 0 amide bonds. The van der Waals surface area contributed by atoms with Crippen LogP contribution in [0.5, 0.6) is 0 Å².